The normalized spacial score (nSPS) is 14.0. The summed E-state index contributed by atoms with van der Waals surface area (Å²) in [5, 5.41) is 23.0. The van der Waals surface area contributed by atoms with Crippen LogP contribution in [0.4, 0.5) is 0 Å². The van der Waals surface area contributed by atoms with E-state index < -0.39 is 12.1 Å². The van der Waals surface area contributed by atoms with Crippen LogP contribution in [-0.4, -0.2) is 34.9 Å². The molecule has 0 aromatic rings. The number of hydrogen-bond acceptors (Lipinski definition) is 3. The van der Waals surface area contributed by atoms with Crippen LogP contribution < -0.4 is 5.32 Å². The number of amides is 1. The summed E-state index contributed by atoms with van der Waals surface area (Å²) >= 11 is 0. The van der Waals surface area contributed by atoms with Gasteiger partial charge in [0.15, 0.2) is 0 Å². The fraction of sp³-hybridized carbons (Fsp3) is 0.653. The number of nitrogens with one attached hydrogen (secondary N) is 1. The van der Waals surface area contributed by atoms with Crippen LogP contribution in [0.25, 0.3) is 0 Å². The molecule has 3 N–H and O–H groups in total. The van der Waals surface area contributed by atoms with Gasteiger partial charge in [-0.1, -0.05) is 201 Å². The number of allylic oxidation sites excluding steroid dienone is 15. The summed E-state index contributed by atoms with van der Waals surface area (Å²) in [4.78, 5) is 12.4. The van der Waals surface area contributed by atoms with Crippen molar-refractivity contribution < 1.29 is 15.0 Å². The SMILES string of the molecule is CC/C=C\C/C=C\C/C=C\C/C=C\C/C=C\C/C=C\C/C=C\CCCCCC(=O)NC(CO)C(O)/C=C/CCCCCCCCCCCCCCCC. The second kappa shape index (κ2) is 43.7. The van der Waals surface area contributed by atoms with Gasteiger partial charge in [0.05, 0.1) is 18.8 Å². The Bertz CT molecular complexity index is 1010. The highest BCUT2D eigenvalue weighted by atomic mass is 16.3. The second-order valence-corrected chi connectivity index (χ2v) is 14.4. The lowest BCUT2D eigenvalue weighted by atomic mass is 10.0. The molecule has 0 aliphatic rings. The molecule has 0 fully saturated rings. The number of carbonyl (C=O) groups excluding carboxylic acids is 1. The molecular formula is C49H83NO3. The average Bonchev–Trinajstić information content (AvgIpc) is 3.16. The van der Waals surface area contributed by atoms with E-state index in [1.54, 1.807) is 6.08 Å². The van der Waals surface area contributed by atoms with Crippen molar-refractivity contribution >= 4 is 5.91 Å². The molecule has 4 heteroatoms. The summed E-state index contributed by atoms with van der Waals surface area (Å²) in [6.45, 7) is 4.17. The smallest absolute Gasteiger partial charge is 0.220 e. The standard InChI is InChI=1S/C49H83NO3/c1-3-5-7-9-11-13-15-17-19-21-22-23-24-25-26-27-28-29-31-33-35-37-39-41-43-45-49(53)50-47(46-51)48(52)44-42-40-38-36-34-32-30-20-18-16-14-12-10-8-6-4-2/h5,7,11,13,17,19,22-23,25-26,28-29,33,35,42,44,47-48,51-52H,3-4,6,8-10,12,14-16,18,20-21,24,27,30-32,34,36-41,43,45-46H2,1-2H3,(H,50,53)/b7-5-,13-11-,19-17-,23-22-,26-25-,29-28-,35-33-,44-42+. The minimum absolute atomic E-state index is 0.100. The maximum atomic E-state index is 12.4. The van der Waals surface area contributed by atoms with E-state index in [0.29, 0.717) is 6.42 Å². The topological polar surface area (TPSA) is 69.6 Å². The predicted molar refractivity (Wildman–Crippen MR) is 234 cm³/mol. The van der Waals surface area contributed by atoms with Crippen molar-refractivity contribution in [2.24, 2.45) is 0 Å². The first-order valence-electron chi connectivity index (χ1n) is 22.0. The van der Waals surface area contributed by atoms with Crippen LogP contribution in [0.5, 0.6) is 0 Å². The number of hydrogen-bond donors (Lipinski definition) is 3. The summed E-state index contributed by atoms with van der Waals surface area (Å²) in [6, 6.07) is -0.646. The maximum absolute atomic E-state index is 12.4. The Morgan fingerprint density at radius 1 is 0.472 bits per heavy atom. The molecule has 53 heavy (non-hydrogen) atoms. The Morgan fingerprint density at radius 2 is 0.830 bits per heavy atom. The van der Waals surface area contributed by atoms with Gasteiger partial charge >= 0.3 is 0 Å². The van der Waals surface area contributed by atoms with E-state index >= 15 is 0 Å². The molecule has 0 bridgehead atoms. The summed E-state index contributed by atoms with van der Waals surface area (Å²) in [5.74, 6) is -0.100. The van der Waals surface area contributed by atoms with Gasteiger partial charge in [0, 0.05) is 6.42 Å². The van der Waals surface area contributed by atoms with E-state index in [2.05, 4.69) is 104 Å². The van der Waals surface area contributed by atoms with Gasteiger partial charge in [0.25, 0.3) is 0 Å². The van der Waals surface area contributed by atoms with E-state index in [1.807, 2.05) is 6.08 Å². The zero-order chi connectivity index (χ0) is 38.6. The van der Waals surface area contributed by atoms with E-state index in [9.17, 15) is 15.0 Å². The highest BCUT2D eigenvalue weighted by Gasteiger charge is 2.17. The van der Waals surface area contributed by atoms with Gasteiger partial charge in [-0.25, -0.2) is 0 Å². The second-order valence-electron chi connectivity index (χ2n) is 14.4. The first-order chi connectivity index (χ1) is 26.2. The molecule has 1 amide bonds. The molecule has 4 nitrogen and oxygen atoms in total. The Hall–Kier alpha value is -2.69. The molecule has 0 saturated carbocycles. The van der Waals surface area contributed by atoms with Crippen LogP contribution in [0.3, 0.4) is 0 Å². The molecule has 0 heterocycles. The zero-order valence-electron chi connectivity index (χ0n) is 34.5. The van der Waals surface area contributed by atoms with E-state index in [4.69, 9.17) is 0 Å². The monoisotopic (exact) mass is 734 g/mol. The number of aliphatic hydroxyl groups is 2. The maximum Gasteiger partial charge on any atom is 0.220 e. The number of aliphatic hydroxyl groups excluding tert-OH is 2. The highest BCUT2D eigenvalue weighted by Crippen LogP contribution is 2.14. The van der Waals surface area contributed by atoms with Gasteiger partial charge in [-0.15, -0.1) is 0 Å². The van der Waals surface area contributed by atoms with Crippen molar-refractivity contribution in [3.05, 3.63) is 97.2 Å². The zero-order valence-corrected chi connectivity index (χ0v) is 34.5. The summed E-state index contributed by atoms with van der Waals surface area (Å²) in [6.07, 6.45) is 65.1. The van der Waals surface area contributed by atoms with Crippen LogP contribution in [-0.2, 0) is 4.79 Å². The lowest BCUT2D eigenvalue weighted by molar-refractivity contribution is -0.123. The third-order valence-corrected chi connectivity index (χ3v) is 9.32. The van der Waals surface area contributed by atoms with Crippen molar-refractivity contribution in [1.29, 1.82) is 0 Å². The molecule has 0 aliphatic heterocycles. The average molecular weight is 734 g/mol. The Morgan fingerprint density at radius 3 is 1.25 bits per heavy atom. The summed E-state index contributed by atoms with van der Waals surface area (Å²) < 4.78 is 0. The van der Waals surface area contributed by atoms with Crippen LogP contribution >= 0.6 is 0 Å². The van der Waals surface area contributed by atoms with Gasteiger partial charge in [-0.3, -0.25) is 4.79 Å². The molecule has 0 rings (SSSR count). The van der Waals surface area contributed by atoms with Gasteiger partial charge in [-0.05, 0) is 77.0 Å². The van der Waals surface area contributed by atoms with Gasteiger partial charge in [0.1, 0.15) is 0 Å². The molecule has 2 atom stereocenters. The largest absolute Gasteiger partial charge is 0.394 e. The van der Waals surface area contributed by atoms with Crippen molar-refractivity contribution in [1.82, 2.24) is 5.32 Å². The molecule has 0 aromatic carbocycles. The Balaban J connectivity index is 3.73. The highest BCUT2D eigenvalue weighted by molar-refractivity contribution is 5.76. The van der Waals surface area contributed by atoms with Crippen molar-refractivity contribution in [2.75, 3.05) is 6.61 Å². The van der Waals surface area contributed by atoms with Gasteiger partial charge in [-0.2, -0.15) is 0 Å². The van der Waals surface area contributed by atoms with E-state index in [0.717, 1.165) is 83.5 Å². The molecule has 0 radical (unpaired) electrons. The lowest BCUT2D eigenvalue weighted by Crippen LogP contribution is -2.45. The first kappa shape index (κ1) is 50.3. The minimum atomic E-state index is -0.859. The van der Waals surface area contributed by atoms with E-state index in [1.165, 1.54) is 83.5 Å². The predicted octanol–water partition coefficient (Wildman–Crippen LogP) is 13.8. The van der Waals surface area contributed by atoms with Crippen molar-refractivity contribution in [2.45, 2.75) is 199 Å². The molecule has 302 valence electrons. The molecule has 0 spiro atoms. The summed E-state index contributed by atoms with van der Waals surface area (Å²) in [5.41, 5.74) is 0. The molecule has 2 unspecified atom stereocenters. The fourth-order valence-corrected chi connectivity index (χ4v) is 5.98. The van der Waals surface area contributed by atoms with Crippen LogP contribution in [0.2, 0.25) is 0 Å². The minimum Gasteiger partial charge on any atom is -0.394 e. The molecule has 0 saturated heterocycles. The van der Waals surface area contributed by atoms with Gasteiger partial charge in [0.2, 0.25) is 5.91 Å². The van der Waals surface area contributed by atoms with Gasteiger partial charge < -0.3 is 15.5 Å². The molecular weight excluding hydrogens is 651 g/mol. The number of carbonyl (C=O) groups is 1. The third kappa shape index (κ3) is 40.3. The molecule has 0 aromatic heterocycles. The molecule has 0 aliphatic carbocycles. The van der Waals surface area contributed by atoms with Crippen molar-refractivity contribution in [3.8, 4) is 0 Å². The summed E-state index contributed by atoms with van der Waals surface area (Å²) in [7, 11) is 0. The Labute approximate surface area is 328 Å². The third-order valence-electron chi connectivity index (χ3n) is 9.32. The fourth-order valence-electron chi connectivity index (χ4n) is 5.98. The Kier molecular flexibility index (Phi) is 41.5. The van der Waals surface area contributed by atoms with Crippen LogP contribution in [0.15, 0.2) is 97.2 Å². The number of rotatable bonds is 38. The van der Waals surface area contributed by atoms with Crippen molar-refractivity contribution in [3.63, 3.8) is 0 Å². The lowest BCUT2D eigenvalue weighted by Gasteiger charge is -2.19. The number of unbranched alkanes of at least 4 members (excludes halogenated alkanes) is 17. The quantitative estimate of drug-likeness (QED) is 0.0437. The van der Waals surface area contributed by atoms with E-state index in [-0.39, 0.29) is 12.5 Å². The first-order valence-corrected chi connectivity index (χ1v) is 22.0. The van der Waals surface area contributed by atoms with Crippen LogP contribution in [0, 0.1) is 0 Å². The van der Waals surface area contributed by atoms with Crippen LogP contribution in [0.1, 0.15) is 187 Å².